The van der Waals surface area contributed by atoms with E-state index in [1.54, 1.807) is 24.3 Å². The van der Waals surface area contributed by atoms with Gasteiger partial charge in [0.05, 0.1) is 6.04 Å². The lowest BCUT2D eigenvalue weighted by atomic mass is 10.2. The number of hydrogen-bond donors (Lipinski definition) is 2. The van der Waals surface area contributed by atoms with Gasteiger partial charge >= 0.3 is 0 Å². The molecule has 0 spiro atoms. The maximum Gasteiger partial charge on any atom is 0.241 e. The summed E-state index contributed by atoms with van der Waals surface area (Å²) >= 11 is 0. The molecule has 2 rings (SSSR count). The molecular formula is C14H17N3O2. The molecule has 0 saturated carbocycles. The number of amides is 1. The molecule has 5 nitrogen and oxygen atoms in total. The Morgan fingerprint density at radius 2 is 2.42 bits per heavy atom. The predicted octanol–water partition coefficient (Wildman–Crippen LogP) is 2.23. The van der Waals surface area contributed by atoms with Crippen molar-refractivity contribution < 1.29 is 9.21 Å². The summed E-state index contributed by atoms with van der Waals surface area (Å²) < 4.78 is 5.50. The van der Waals surface area contributed by atoms with Crippen molar-refractivity contribution in [1.29, 1.82) is 0 Å². The minimum Gasteiger partial charge on any atom is -0.441 e. The molecule has 0 saturated heterocycles. The second-order valence-electron chi connectivity index (χ2n) is 4.26. The number of carbonyl (C=O) groups excluding carboxylic acids is 1. The van der Waals surface area contributed by atoms with E-state index in [-0.39, 0.29) is 5.91 Å². The summed E-state index contributed by atoms with van der Waals surface area (Å²) in [6, 6.07) is 4.75. The Kier molecular flexibility index (Phi) is 3.97. The van der Waals surface area contributed by atoms with Crippen molar-refractivity contribution in [3.63, 3.8) is 0 Å². The van der Waals surface area contributed by atoms with Gasteiger partial charge in [-0.1, -0.05) is 13.0 Å². The Morgan fingerprint density at radius 1 is 1.63 bits per heavy atom. The molecule has 3 N–H and O–H groups in total. The van der Waals surface area contributed by atoms with Gasteiger partial charge in [0.25, 0.3) is 0 Å². The zero-order valence-corrected chi connectivity index (χ0v) is 10.8. The lowest BCUT2D eigenvalue weighted by molar-refractivity contribution is -0.117. The maximum atomic E-state index is 11.8. The van der Waals surface area contributed by atoms with Crippen LogP contribution >= 0.6 is 0 Å². The van der Waals surface area contributed by atoms with E-state index in [0.717, 1.165) is 11.9 Å². The van der Waals surface area contributed by atoms with Gasteiger partial charge in [-0.15, -0.1) is 6.58 Å². The van der Waals surface area contributed by atoms with Gasteiger partial charge in [0.15, 0.2) is 11.5 Å². The summed E-state index contributed by atoms with van der Waals surface area (Å²) in [4.78, 5) is 16.1. The number of nitrogens with zero attached hydrogens (tertiary/aromatic N) is 1. The summed E-state index contributed by atoms with van der Waals surface area (Å²) in [5.41, 5.74) is 7.80. The van der Waals surface area contributed by atoms with Gasteiger partial charge in [0.1, 0.15) is 5.52 Å². The van der Waals surface area contributed by atoms with Gasteiger partial charge in [0.2, 0.25) is 5.91 Å². The summed E-state index contributed by atoms with van der Waals surface area (Å²) in [6.45, 7) is 5.53. The molecular weight excluding hydrogens is 242 g/mol. The van der Waals surface area contributed by atoms with Gasteiger partial charge in [-0.2, -0.15) is 0 Å². The van der Waals surface area contributed by atoms with Crippen LogP contribution in [0.25, 0.3) is 11.1 Å². The van der Waals surface area contributed by atoms with E-state index in [0.29, 0.717) is 23.6 Å². The smallest absolute Gasteiger partial charge is 0.241 e. The molecule has 0 fully saturated rings. The highest BCUT2D eigenvalue weighted by Gasteiger charge is 2.12. The van der Waals surface area contributed by atoms with Crippen molar-refractivity contribution in [2.75, 3.05) is 5.32 Å². The van der Waals surface area contributed by atoms with Crippen LogP contribution in [0.3, 0.4) is 0 Å². The van der Waals surface area contributed by atoms with Crippen LogP contribution in [-0.2, 0) is 11.2 Å². The largest absolute Gasteiger partial charge is 0.441 e. The Morgan fingerprint density at radius 3 is 3.11 bits per heavy atom. The Hall–Kier alpha value is -2.14. The van der Waals surface area contributed by atoms with Crippen LogP contribution < -0.4 is 11.1 Å². The van der Waals surface area contributed by atoms with Crippen LogP contribution in [-0.4, -0.2) is 16.9 Å². The molecule has 1 atom stereocenters. The second-order valence-corrected chi connectivity index (χ2v) is 4.26. The Bertz CT molecular complexity index is 604. The molecule has 100 valence electrons. The highest BCUT2D eigenvalue weighted by Crippen LogP contribution is 2.20. The first kappa shape index (κ1) is 13.3. The highest BCUT2D eigenvalue weighted by atomic mass is 16.3. The molecule has 19 heavy (non-hydrogen) atoms. The fourth-order valence-corrected chi connectivity index (χ4v) is 1.73. The summed E-state index contributed by atoms with van der Waals surface area (Å²) in [5, 5.41) is 2.75. The van der Waals surface area contributed by atoms with Gasteiger partial charge in [0, 0.05) is 12.1 Å². The van der Waals surface area contributed by atoms with Crippen LogP contribution in [0.4, 0.5) is 5.69 Å². The average molecular weight is 259 g/mol. The molecule has 1 aromatic carbocycles. The standard InChI is InChI=1S/C14H17N3O2/c1-3-5-10(15)14(18)16-9-6-7-12-11(8-9)17-13(4-2)19-12/h3,6-8,10H,1,4-5,15H2,2H3,(H,16,18). The van der Waals surface area contributed by atoms with E-state index in [1.165, 1.54) is 0 Å². The third-order valence-electron chi connectivity index (χ3n) is 2.76. The number of anilines is 1. The van der Waals surface area contributed by atoms with E-state index in [2.05, 4.69) is 16.9 Å². The van der Waals surface area contributed by atoms with Gasteiger partial charge in [-0.05, 0) is 24.6 Å². The predicted molar refractivity (Wildman–Crippen MR) is 74.8 cm³/mol. The molecule has 2 aromatic rings. The zero-order chi connectivity index (χ0) is 13.8. The van der Waals surface area contributed by atoms with Gasteiger partial charge < -0.3 is 15.5 Å². The van der Waals surface area contributed by atoms with Crippen LogP contribution in [0.15, 0.2) is 35.3 Å². The summed E-state index contributed by atoms with van der Waals surface area (Å²) in [5.74, 6) is 0.445. The van der Waals surface area contributed by atoms with Crippen molar-refractivity contribution in [1.82, 2.24) is 4.98 Å². The lowest BCUT2D eigenvalue weighted by Gasteiger charge is -2.09. The molecule has 0 aliphatic rings. The number of oxazole rings is 1. The van der Waals surface area contributed by atoms with Crippen molar-refractivity contribution in [3.8, 4) is 0 Å². The lowest BCUT2D eigenvalue weighted by Crippen LogP contribution is -2.35. The monoisotopic (exact) mass is 259 g/mol. The van der Waals surface area contributed by atoms with Gasteiger partial charge in [-0.3, -0.25) is 4.79 Å². The first-order valence-electron chi connectivity index (χ1n) is 6.21. The normalized spacial score (nSPS) is 12.3. The van der Waals surface area contributed by atoms with Crippen molar-refractivity contribution in [3.05, 3.63) is 36.7 Å². The number of carbonyl (C=O) groups is 1. The van der Waals surface area contributed by atoms with E-state index >= 15 is 0 Å². The molecule has 1 aromatic heterocycles. The number of hydrogen-bond acceptors (Lipinski definition) is 4. The highest BCUT2D eigenvalue weighted by molar-refractivity contribution is 5.96. The fourth-order valence-electron chi connectivity index (χ4n) is 1.73. The summed E-state index contributed by atoms with van der Waals surface area (Å²) in [7, 11) is 0. The zero-order valence-electron chi connectivity index (χ0n) is 10.8. The first-order chi connectivity index (χ1) is 9.13. The SMILES string of the molecule is C=CCC(N)C(=O)Nc1ccc2oc(CC)nc2c1. The molecule has 5 heteroatoms. The third-order valence-corrected chi connectivity index (χ3v) is 2.76. The minimum atomic E-state index is -0.586. The average Bonchev–Trinajstić information content (AvgIpc) is 2.81. The second kappa shape index (κ2) is 5.67. The van der Waals surface area contributed by atoms with Crippen LogP contribution in [0.2, 0.25) is 0 Å². The number of aromatic nitrogens is 1. The van der Waals surface area contributed by atoms with Crippen LogP contribution in [0, 0.1) is 0 Å². The van der Waals surface area contributed by atoms with Crippen molar-refractivity contribution >= 4 is 22.7 Å². The molecule has 1 heterocycles. The van der Waals surface area contributed by atoms with E-state index in [1.807, 2.05) is 6.92 Å². The number of aryl methyl sites for hydroxylation is 1. The maximum absolute atomic E-state index is 11.8. The van der Waals surface area contributed by atoms with E-state index in [9.17, 15) is 4.79 Å². The molecule has 1 amide bonds. The van der Waals surface area contributed by atoms with E-state index in [4.69, 9.17) is 10.2 Å². The third kappa shape index (κ3) is 3.00. The molecule has 0 aliphatic heterocycles. The number of rotatable bonds is 5. The molecule has 0 aliphatic carbocycles. The van der Waals surface area contributed by atoms with Gasteiger partial charge in [-0.25, -0.2) is 4.98 Å². The molecule has 0 bridgehead atoms. The van der Waals surface area contributed by atoms with Crippen LogP contribution in [0.5, 0.6) is 0 Å². The molecule has 0 radical (unpaired) electrons. The van der Waals surface area contributed by atoms with Crippen molar-refractivity contribution in [2.24, 2.45) is 5.73 Å². The molecule has 1 unspecified atom stereocenters. The topological polar surface area (TPSA) is 81.2 Å². The fraction of sp³-hybridized carbons (Fsp3) is 0.286. The quantitative estimate of drug-likeness (QED) is 0.807. The minimum absolute atomic E-state index is 0.238. The first-order valence-corrected chi connectivity index (χ1v) is 6.21. The number of nitrogens with two attached hydrogens (primary N) is 1. The van der Waals surface area contributed by atoms with Crippen LogP contribution in [0.1, 0.15) is 19.2 Å². The van der Waals surface area contributed by atoms with Crippen molar-refractivity contribution in [2.45, 2.75) is 25.8 Å². The van der Waals surface area contributed by atoms with E-state index < -0.39 is 6.04 Å². The number of nitrogens with one attached hydrogen (secondary N) is 1. The number of benzene rings is 1. The Labute approximate surface area is 111 Å². The Balaban J connectivity index is 2.16. The number of fused-ring (bicyclic) bond motifs is 1. The summed E-state index contributed by atoms with van der Waals surface area (Å²) in [6.07, 6.45) is 2.80.